The van der Waals surface area contributed by atoms with Crippen LogP contribution in [0.4, 0.5) is 0 Å². The third-order valence-corrected chi connectivity index (χ3v) is 3.75. The molecule has 1 rings (SSSR count). The summed E-state index contributed by atoms with van der Waals surface area (Å²) in [5, 5.41) is 11.2. The van der Waals surface area contributed by atoms with E-state index in [4.69, 9.17) is 5.11 Å². The van der Waals surface area contributed by atoms with Gasteiger partial charge in [-0.05, 0) is 19.3 Å². The van der Waals surface area contributed by atoms with Crippen molar-refractivity contribution in [3.8, 4) is 0 Å². The molecule has 0 atom stereocenters. The highest BCUT2D eigenvalue weighted by molar-refractivity contribution is 5.86. The van der Waals surface area contributed by atoms with Gasteiger partial charge in [-0.15, -0.1) is 0 Å². The largest absolute Gasteiger partial charge is 0.480 e. The fourth-order valence-corrected chi connectivity index (χ4v) is 2.55. The molecule has 1 aliphatic carbocycles. The van der Waals surface area contributed by atoms with E-state index in [1.54, 1.807) is 6.92 Å². The first kappa shape index (κ1) is 16.5. The van der Waals surface area contributed by atoms with Crippen molar-refractivity contribution >= 4 is 17.8 Å². The molecule has 0 aromatic rings. The molecule has 0 aromatic carbocycles. The van der Waals surface area contributed by atoms with Crippen LogP contribution in [-0.2, 0) is 14.4 Å². The van der Waals surface area contributed by atoms with Crippen LogP contribution in [0.1, 0.15) is 45.4 Å². The van der Waals surface area contributed by atoms with E-state index in [-0.39, 0.29) is 24.9 Å². The third-order valence-electron chi connectivity index (χ3n) is 3.75. The number of rotatable bonds is 8. The van der Waals surface area contributed by atoms with Gasteiger partial charge in [0.25, 0.3) is 0 Å². The Morgan fingerprint density at radius 1 is 1.25 bits per heavy atom. The van der Waals surface area contributed by atoms with Crippen LogP contribution in [0.15, 0.2) is 0 Å². The van der Waals surface area contributed by atoms with E-state index in [9.17, 15) is 14.4 Å². The minimum Gasteiger partial charge on any atom is -0.480 e. The van der Waals surface area contributed by atoms with Crippen molar-refractivity contribution in [2.24, 2.45) is 5.92 Å². The molecule has 114 valence electrons. The second-order valence-electron chi connectivity index (χ2n) is 5.27. The molecule has 1 fully saturated rings. The molecule has 6 nitrogen and oxygen atoms in total. The Kier molecular flexibility index (Phi) is 7.04. The summed E-state index contributed by atoms with van der Waals surface area (Å²) in [7, 11) is 0. The van der Waals surface area contributed by atoms with E-state index < -0.39 is 5.97 Å². The predicted molar refractivity (Wildman–Crippen MR) is 74.1 cm³/mol. The molecule has 0 saturated heterocycles. The Labute approximate surface area is 119 Å². The third kappa shape index (κ3) is 6.04. The fraction of sp³-hybridized carbons (Fsp3) is 0.786. The number of hydrogen-bond acceptors (Lipinski definition) is 3. The number of carbonyl (C=O) groups excluding carboxylic acids is 2. The Morgan fingerprint density at radius 2 is 1.90 bits per heavy atom. The highest BCUT2D eigenvalue weighted by Crippen LogP contribution is 2.28. The number of likely N-dealkylation sites (N-methyl/N-ethyl adjacent to an activating group) is 1. The molecule has 0 heterocycles. The molecule has 6 heteroatoms. The van der Waals surface area contributed by atoms with E-state index >= 15 is 0 Å². The number of carboxylic acid groups (broad SMARTS) is 1. The zero-order valence-electron chi connectivity index (χ0n) is 12.1. The summed E-state index contributed by atoms with van der Waals surface area (Å²) < 4.78 is 0. The van der Waals surface area contributed by atoms with Crippen LogP contribution in [0, 0.1) is 5.92 Å². The zero-order chi connectivity index (χ0) is 15.0. The Morgan fingerprint density at radius 3 is 2.45 bits per heavy atom. The van der Waals surface area contributed by atoms with Gasteiger partial charge in [0.05, 0.1) is 6.54 Å². The van der Waals surface area contributed by atoms with Crippen molar-refractivity contribution in [2.45, 2.75) is 45.4 Å². The van der Waals surface area contributed by atoms with Crippen LogP contribution < -0.4 is 5.32 Å². The van der Waals surface area contributed by atoms with Gasteiger partial charge in [0.1, 0.15) is 6.54 Å². The van der Waals surface area contributed by atoms with E-state index in [2.05, 4.69) is 5.32 Å². The van der Waals surface area contributed by atoms with E-state index in [1.807, 2.05) is 0 Å². The molecular weight excluding hydrogens is 260 g/mol. The highest BCUT2D eigenvalue weighted by atomic mass is 16.4. The summed E-state index contributed by atoms with van der Waals surface area (Å²) >= 11 is 0. The van der Waals surface area contributed by atoms with Gasteiger partial charge in [-0.3, -0.25) is 14.4 Å². The maximum Gasteiger partial charge on any atom is 0.323 e. The maximum absolute atomic E-state index is 11.7. The lowest BCUT2D eigenvalue weighted by molar-refractivity contribution is -0.144. The molecule has 1 saturated carbocycles. The first-order valence-electron chi connectivity index (χ1n) is 7.29. The number of nitrogens with zero attached hydrogens (tertiary/aromatic N) is 1. The van der Waals surface area contributed by atoms with Gasteiger partial charge in [-0.1, -0.05) is 25.7 Å². The standard InChI is InChI=1S/C14H24N2O4/c1-2-16(10-14(19)20)13(18)9-15-12(17)8-7-11-5-3-4-6-11/h11H,2-10H2,1H3,(H,15,17)(H,19,20). The zero-order valence-corrected chi connectivity index (χ0v) is 12.1. The van der Waals surface area contributed by atoms with Crippen molar-refractivity contribution in [1.29, 1.82) is 0 Å². The van der Waals surface area contributed by atoms with Crippen molar-refractivity contribution < 1.29 is 19.5 Å². The van der Waals surface area contributed by atoms with Crippen molar-refractivity contribution in [3.63, 3.8) is 0 Å². The van der Waals surface area contributed by atoms with Crippen LogP contribution in [0.2, 0.25) is 0 Å². The molecule has 0 spiro atoms. The molecule has 2 N–H and O–H groups in total. The fourth-order valence-electron chi connectivity index (χ4n) is 2.55. The lowest BCUT2D eigenvalue weighted by Crippen LogP contribution is -2.42. The molecule has 2 amide bonds. The van der Waals surface area contributed by atoms with Crippen molar-refractivity contribution in [2.75, 3.05) is 19.6 Å². The number of amides is 2. The van der Waals surface area contributed by atoms with E-state index in [0.29, 0.717) is 18.9 Å². The van der Waals surface area contributed by atoms with Gasteiger partial charge in [0, 0.05) is 13.0 Å². The van der Waals surface area contributed by atoms with Crippen LogP contribution in [-0.4, -0.2) is 47.4 Å². The van der Waals surface area contributed by atoms with Gasteiger partial charge < -0.3 is 15.3 Å². The minimum absolute atomic E-state index is 0.120. The monoisotopic (exact) mass is 284 g/mol. The normalized spacial score (nSPS) is 15.1. The molecule has 0 unspecified atom stereocenters. The highest BCUT2D eigenvalue weighted by Gasteiger charge is 2.18. The van der Waals surface area contributed by atoms with Crippen molar-refractivity contribution in [1.82, 2.24) is 10.2 Å². The average molecular weight is 284 g/mol. The molecule has 0 radical (unpaired) electrons. The Bertz CT molecular complexity index is 351. The van der Waals surface area contributed by atoms with Crippen LogP contribution >= 0.6 is 0 Å². The SMILES string of the molecule is CCN(CC(=O)O)C(=O)CNC(=O)CCC1CCCC1. The van der Waals surface area contributed by atoms with Gasteiger partial charge in [-0.2, -0.15) is 0 Å². The summed E-state index contributed by atoms with van der Waals surface area (Å²) in [5.41, 5.74) is 0. The Balaban J connectivity index is 2.21. The average Bonchev–Trinajstić information content (AvgIpc) is 2.92. The van der Waals surface area contributed by atoms with Gasteiger partial charge in [-0.25, -0.2) is 0 Å². The summed E-state index contributed by atoms with van der Waals surface area (Å²) in [5.74, 6) is -0.885. The van der Waals surface area contributed by atoms with Crippen LogP contribution in [0.25, 0.3) is 0 Å². The lowest BCUT2D eigenvalue weighted by Gasteiger charge is -2.18. The number of hydrogen-bond donors (Lipinski definition) is 2. The van der Waals surface area contributed by atoms with E-state index in [1.165, 1.54) is 30.6 Å². The predicted octanol–water partition coefficient (Wildman–Crippen LogP) is 1.01. The second-order valence-corrected chi connectivity index (χ2v) is 5.27. The Hall–Kier alpha value is -1.59. The first-order valence-corrected chi connectivity index (χ1v) is 7.29. The molecular formula is C14H24N2O4. The number of nitrogens with one attached hydrogen (secondary N) is 1. The summed E-state index contributed by atoms with van der Waals surface area (Å²) in [6.45, 7) is 1.59. The lowest BCUT2D eigenvalue weighted by atomic mass is 10.0. The number of carbonyl (C=O) groups is 3. The summed E-state index contributed by atoms with van der Waals surface area (Å²) in [6.07, 6.45) is 6.25. The van der Waals surface area contributed by atoms with Gasteiger partial charge >= 0.3 is 5.97 Å². The van der Waals surface area contributed by atoms with E-state index in [0.717, 1.165) is 6.42 Å². The number of aliphatic carboxylic acids is 1. The topological polar surface area (TPSA) is 86.7 Å². The number of carboxylic acids is 1. The first-order chi connectivity index (χ1) is 9.52. The smallest absolute Gasteiger partial charge is 0.323 e. The molecule has 1 aliphatic rings. The van der Waals surface area contributed by atoms with Crippen LogP contribution in [0.5, 0.6) is 0 Å². The summed E-state index contributed by atoms with van der Waals surface area (Å²) in [4.78, 5) is 35.1. The van der Waals surface area contributed by atoms with Gasteiger partial charge in [0.15, 0.2) is 0 Å². The van der Waals surface area contributed by atoms with Gasteiger partial charge in [0.2, 0.25) is 11.8 Å². The maximum atomic E-state index is 11.7. The summed E-state index contributed by atoms with van der Waals surface area (Å²) in [6, 6.07) is 0. The quantitative estimate of drug-likeness (QED) is 0.696. The van der Waals surface area contributed by atoms with Crippen molar-refractivity contribution in [3.05, 3.63) is 0 Å². The molecule has 0 aromatic heterocycles. The van der Waals surface area contributed by atoms with Crippen LogP contribution in [0.3, 0.4) is 0 Å². The second kappa shape index (κ2) is 8.55. The molecule has 0 bridgehead atoms. The molecule has 20 heavy (non-hydrogen) atoms. The minimum atomic E-state index is -1.05. The molecule has 0 aliphatic heterocycles.